The molecule has 0 saturated heterocycles. The quantitative estimate of drug-likeness (QED) is 0.749. The summed E-state index contributed by atoms with van der Waals surface area (Å²) in [6.45, 7) is 3.03. The van der Waals surface area contributed by atoms with E-state index in [4.69, 9.17) is 9.47 Å². The predicted molar refractivity (Wildman–Crippen MR) is 69.4 cm³/mol. The number of esters is 1. The summed E-state index contributed by atoms with van der Waals surface area (Å²) in [6.07, 6.45) is 5.04. The van der Waals surface area contributed by atoms with Crippen molar-refractivity contribution in [2.75, 3.05) is 13.2 Å². The first kappa shape index (κ1) is 12.7. The lowest BCUT2D eigenvalue weighted by atomic mass is 10.1. The first-order chi connectivity index (χ1) is 8.79. The summed E-state index contributed by atoms with van der Waals surface area (Å²) < 4.78 is 10.4. The van der Waals surface area contributed by atoms with Gasteiger partial charge < -0.3 is 9.47 Å². The van der Waals surface area contributed by atoms with Gasteiger partial charge >= 0.3 is 5.97 Å². The van der Waals surface area contributed by atoms with Crippen LogP contribution in [0.3, 0.4) is 0 Å². The molecule has 0 spiro atoms. The van der Waals surface area contributed by atoms with E-state index >= 15 is 0 Å². The van der Waals surface area contributed by atoms with E-state index in [1.54, 1.807) is 0 Å². The second-order valence-electron chi connectivity index (χ2n) is 4.22. The topological polar surface area (TPSA) is 35.5 Å². The van der Waals surface area contributed by atoms with Gasteiger partial charge in [0.25, 0.3) is 0 Å². The van der Waals surface area contributed by atoms with Crippen molar-refractivity contribution >= 4 is 5.97 Å². The molecule has 1 aromatic rings. The lowest BCUT2D eigenvalue weighted by Crippen LogP contribution is -2.04. The first-order valence-corrected chi connectivity index (χ1v) is 6.37. The first-order valence-electron chi connectivity index (χ1n) is 6.37. The summed E-state index contributed by atoms with van der Waals surface area (Å²) in [5, 5.41) is 0. The minimum absolute atomic E-state index is 0.258. The van der Waals surface area contributed by atoms with E-state index in [2.05, 4.69) is 6.08 Å². The standard InChI is InChI=1S/C15H18O3/c1-2-17-15(16)13-8-5-12(6-9-13)7-10-14-4-3-11-18-14/h4-6,8-9H,2-3,7,10-11H2,1H3. The molecule has 0 unspecified atom stereocenters. The maximum Gasteiger partial charge on any atom is 0.338 e. The van der Waals surface area contributed by atoms with Gasteiger partial charge in [0.2, 0.25) is 0 Å². The Bertz CT molecular complexity index is 432. The third-order valence-electron chi connectivity index (χ3n) is 2.90. The van der Waals surface area contributed by atoms with Crippen molar-refractivity contribution < 1.29 is 14.3 Å². The number of hydrogen-bond donors (Lipinski definition) is 0. The summed E-state index contributed by atoms with van der Waals surface area (Å²) >= 11 is 0. The fourth-order valence-electron chi connectivity index (χ4n) is 1.93. The molecule has 0 fully saturated rings. The highest BCUT2D eigenvalue weighted by molar-refractivity contribution is 5.89. The Morgan fingerprint density at radius 3 is 2.67 bits per heavy atom. The van der Waals surface area contributed by atoms with E-state index in [9.17, 15) is 4.79 Å². The lowest BCUT2D eigenvalue weighted by Gasteiger charge is -2.05. The van der Waals surface area contributed by atoms with Gasteiger partial charge in [0.05, 0.1) is 24.5 Å². The zero-order valence-corrected chi connectivity index (χ0v) is 10.6. The Labute approximate surface area is 107 Å². The Balaban J connectivity index is 1.89. The summed E-state index contributed by atoms with van der Waals surface area (Å²) in [5.41, 5.74) is 1.82. The third-order valence-corrected chi connectivity index (χ3v) is 2.90. The smallest absolute Gasteiger partial charge is 0.338 e. The number of hydrogen-bond acceptors (Lipinski definition) is 3. The number of benzene rings is 1. The van der Waals surface area contributed by atoms with Gasteiger partial charge in [-0.1, -0.05) is 12.1 Å². The minimum atomic E-state index is -0.258. The number of carbonyl (C=O) groups is 1. The molecule has 3 nitrogen and oxygen atoms in total. The molecule has 1 aliphatic rings. The summed E-state index contributed by atoms with van der Waals surface area (Å²) in [6, 6.07) is 7.58. The van der Waals surface area contributed by atoms with Crippen LogP contribution in [0.25, 0.3) is 0 Å². The van der Waals surface area contributed by atoms with Crippen molar-refractivity contribution in [1.29, 1.82) is 0 Å². The molecule has 96 valence electrons. The Morgan fingerprint density at radius 2 is 2.06 bits per heavy atom. The zero-order chi connectivity index (χ0) is 12.8. The van der Waals surface area contributed by atoms with E-state index in [0.717, 1.165) is 31.6 Å². The van der Waals surface area contributed by atoms with Crippen LogP contribution in [0.15, 0.2) is 36.1 Å². The molecule has 1 heterocycles. The molecule has 0 aromatic heterocycles. The van der Waals surface area contributed by atoms with Crippen LogP contribution in [0.1, 0.15) is 35.7 Å². The van der Waals surface area contributed by atoms with Crippen molar-refractivity contribution in [3.8, 4) is 0 Å². The fraction of sp³-hybridized carbons (Fsp3) is 0.400. The average molecular weight is 246 g/mol. The number of aryl methyl sites for hydroxylation is 1. The van der Waals surface area contributed by atoms with E-state index < -0.39 is 0 Å². The van der Waals surface area contributed by atoms with Crippen LogP contribution in [-0.2, 0) is 15.9 Å². The summed E-state index contributed by atoms with van der Waals surface area (Å²) in [5.74, 6) is 0.829. The normalized spacial score (nSPS) is 13.9. The predicted octanol–water partition coefficient (Wildman–Crippen LogP) is 3.10. The Morgan fingerprint density at radius 1 is 1.28 bits per heavy atom. The number of ether oxygens (including phenoxy) is 2. The van der Waals surface area contributed by atoms with Gasteiger partial charge in [0.1, 0.15) is 0 Å². The highest BCUT2D eigenvalue weighted by Crippen LogP contribution is 2.16. The Hall–Kier alpha value is -1.77. The molecular formula is C15H18O3. The van der Waals surface area contributed by atoms with Crippen LogP contribution in [0.2, 0.25) is 0 Å². The van der Waals surface area contributed by atoms with E-state index in [-0.39, 0.29) is 5.97 Å². The zero-order valence-electron chi connectivity index (χ0n) is 10.6. The van der Waals surface area contributed by atoms with Crippen LogP contribution in [0.4, 0.5) is 0 Å². The second kappa shape index (κ2) is 6.24. The van der Waals surface area contributed by atoms with Gasteiger partial charge in [-0.2, -0.15) is 0 Å². The molecule has 1 aliphatic heterocycles. The molecular weight excluding hydrogens is 228 g/mol. The molecule has 1 aromatic carbocycles. The van der Waals surface area contributed by atoms with E-state index in [0.29, 0.717) is 12.2 Å². The van der Waals surface area contributed by atoms with Crippen LogP contribution >= 0.6 is 0 Å². The van der Waals surface area contributed by atoms with Crippen molar-refractivity contribution in [1.82, 2.24) is 0 Å². The van der Waals surface area contributed by atoms with Gasteiger partial charge in [-0.05, 0) is 37.1 Å². The largest absolute Gasteiger partial charge is 0.498 e. The molecule has 3 heteroatoms. The van der Waals surface area contributed by atoms with Crippen LogP contribution in [0.5, 0.6) is 0 Å². The van der Waals surface area contributed by atoms with Crippen molar-refractivity contribution in [2.24, 2.45) is 0 Å². The molecule has 0 saturated carbocycles. The molecule has 0 N–H and O–H groups in total. The molecule has 0 aliphatic carbocycles. The molecule has 0 bridgehead atoms. The molecule has 0 amide bonds. The second-order valence-corrected chi connectivity index (χ2v) is 4.22. The van der Waals surface area contributed by atoms with Crippen molar-refractivity contribution in [2.45, 2.75) is 26.2 Å². The molecule has 0 radical (unpaired) electrons. The highest BCUT2D eigenvalue weighted by Gasteiger charge is 2.07. The van der Waals surface area contributed by atoms with Gasteiger partial charge in [-0.3, -0.25) is 0 Å². The third kappa shape index (κ3) is 3.36. The summed E-state index contributed by atoms with van der Waals surface area (Å²) in [7, 11) is 0. The van der Waals surface area contributed by atoms with E-state index in [1.807, 2.05) is 31.2 Å². The lowest BCUT2D eigenvalue weighted by molar-refractivity contribution is 0.0526. The highest BCUT2D eigenvalue weighted by atomic mass is 16.5. The van der Waals surface area contributed by atoms with Crippen molar-refractivity contribution in [3.63, 3.8) is 0 Å². The monoisotopic (exact) mass is 246 g/mol. The SMILES string of the molecule is CCOC(=O)c1ccc(CCC2=CCCO2)cc1. The molecule has 0 atom stereocenters. The van der Waals surface area contributed by atoms with Gasteiger partial charge in [0.15, 0.2) is 0 Å². The van der Waals surface area contributed by atoms with Crippen LogP contribution in [-0.4, -0.2) is 19.2 Å². The fourth-order valence-corrected chi connectivity index (χ4v) is 1.93. The van der Waals surface area contributed by atoms with Gasteiger partial charge in [-0.25, -0.2) is 4.79 Å². The minimum Gasteiger partial charge on any atom is -0.498 e. The Kier molecular flexibility index (Phi) is 4.40. The maximum atomic E-state index is 11.5. The average Bonchev–Trinajstić information content (AvgIpc) is 2.90. The van der Waals surface area contributed by atoms with Crippen molar-refractivity contribution in [3.05, 3.63) is 47.2 Å². The van der Waals surface area contributed by atoms with Crippen LogP contribution < -0.4 is 0 Å². The number of allylic oxidation sites excluding steroid dienone is 1. The number of carbonyl (C=O) groups excluding carboxylic acids is 1. The maximum absolute atomic E-state index is 11.5. The molecule has 2 rings (SSSR count). The van der Waals surface area contributed by atoms with E-state index in [1.165, 1.54) is 5.56 Å². The van der Waals surface area contributed by atoms with Crippen LogP contribution in [0, 0.1) is 0 Å². The molecule has 18 heavy (non-hydrogen) atoms. The number of rotatable bonds is 5. The van der Waals surface area contributed by atoms with Gasteiger partial charge in [-0.15, -0.1) is 0 Å². The van der Waals surface area contributed by atoms with Gasteiger partial charge in [0, 0.05) is 12.8 Å². The summed E-state index contributed by atoms with van der Waals surface area (Å²) in [4.78, 5) is 11.5.